The lowest BCUT2D eigenvalue weighted by atomic mass is 10.3. The maximum Gasteiger partial charge on any atom is 0.260 e. The summed E-state index contributed by atoms with van der Waals surface area (Å²) in [4.78, 5) is 4.38. The molecule has 0 aliphatic carbocycles. The lowest BCUT2D eigenvalue weighted by molar-refractivity contribution is 0.578. The monoisotopic (exact) mass is 295 g/mol. The third-order valence-corrected chi connectivity index (χ3v) is 4.56. The minimum absolute atomic E-state index is 0.137. The Kier molecular flexibility index (Phi) is 4.45. The third kappa shape index (κ3) is 2.71. The van der Waals surface area contributed by atoms with Gasteiger partial charge in [0, 0.05) is 18.7 Å². The van der Waals surface area contributed by atoms with Gasteiger partial charge in [-0.15, -0.1) is 0 Å². The van der Waals surface area contributed by atoms with Crippen molar-refractivity contribution < 1.29 is 8.42 Å². The smallest absolute Gasteiger partial charge is 0.260 e. The van der Waals surface area contributed by atoms with Crippen LogP contribution < -0.4 is 4.72 Å². The number of rotatable bonds is 6. The Hall–Kier alpha value is -1.40. The molecule has 0 saturated carbocycles. The fraction of sp³-hybridized carbons (Fsp3) is 0.500. The average Bonchev–Trinajstić information content (AvgIpc) is 2.78. The van der Waals surface area contributed by atoms with E-state index in [-0.39, 0.29) is 5.03 Å². The molecule has 2 aromatic heterocycles. The van der Waals surface area contributed by atoms with Crippen LogP contribution in [-0.4, -0.2) is 24.3 Å². The first-order valence-electron chi connectivity index (χ1n) is 6.97. The molecule has 1 N–H and O–H groups in total. The van der Waals surface area contributed by atoms with Crippen molar-refractivity contribution in [3.8, 4) is 0 Å². The molecule has 0 aromatic carbocycles. The molecule has 0 saturated heterocycles. The number of nitrogens with zero attached hydrogens (tertiary/aromatic N) is 2. The second-order valence-corrected chi connectivity index (χ2v) is 6.55. The molecule has 0 bridgehead atoms. The van der Waals surface area contributed by atoms with Crippen molar-refractivity contribution in [2.45, 2.75) is 45.1 Å². The SMILES string of the molecule is CCCNS(=O)(=O)c1nc(CCC)n2c(C)cccc12. The Morgan fingerprint density at radius 2 is 2.00 bits per heavy atom. The highest BCUT2D eigenvalue weighted by molar-refractivity contribution is 7.89. The van der Waals surface area contributed by atoms with Gasteiger partial charge in [0.15, 0.2) is 5.03 Å². The van der Waals surface area contributed by atoms with Crippen LogP contribution >= 0.6 is 0 Å². The zero-order chi connectivity index (χ0) is 14.8. The molecular formula is C14H21N3O2S. The van der Waals surface area contributed by atoms with Crippen LogP contribution in [0.25, 0.3) is 5.52 Å². The van der Waals surface area contributed by atoms with Gasteiger partial charge >= 0.3 is 0 Å². The van der Waals surface area contributed by atoms with Crippen molar-refractivity contribution in [3.63, 3.8) is 0 Å². The highest BCUT2D eigenvalue weighted by Gasteiger charge is 2.22. The standard InChI is InChI=1S/C14H21N3O2S/c1-4-7-13-16-14(20(18,19)15-10-5-2)12-9-6-8-11(3)17(12)13/h6,8-9,15H,4-5,7,10H2,1-3H3. The van der Waals surface area contributed by atoms with Gasteiger partial charge in [0.2, 0.25) is 0 Å². The van der Waals surface area contributed by atoms with Crippen molar-refractivity contribution >= 4 is 15.5 Å². The van der Waals surface area contributed by atoms with Crippen LogP contribution in [0.1, 0.15) is 38.2 Å². The van der Waals surface area contributed by atoms with Crippen LogP contribution in [0.4, 0.5) is 0 Å². The number of fused-ring (bicyclic) bond motifs is 1. The predicted octanol–water partition coefficient (Wildman–Crippen LogP) is 2.28. The number of hydrogen-bond donors (Lipinski definition) is 1. The number of nitrogens with one attached hydrogen (secondary N) is 1. The van der Waals surface area contributed by atoms with E-state index in [1.165, 1.54) is 0 Å². The summed E-state index contributed by atoms with van der Waals surface area (Å²) >= 11 is 0. The molecule has 0 spiro atoms. The summed E-state index contributed by atoms with van der Waals surface area (Å²) in [5.74, 6) is 0.803. The Balaban J connectivity index is 2.63. The molecule has 0 aliphatic heterocycles. The van der Waals surface area contributed by atoms with Gasteiger partial charge in [0.25, 0.3) is 10.0 Å². The van der Waals surface area contributed by atoms with Crippen molar-refractivity contribution in [3.05, 3.63) is 29.7 Å². The summed E-state index contributed by atoms with van der Waals surface area (Å²) in [7, 11) is -3.55. The molecule has 0 aliphatic rings. The molecule has 2 aromatic rings. The topological polar surface area (TPSA) is 63.5 Å². The normalized spacial score (nSPS) is 12.2. The zero-order valence-corrected chi connectivity index (χ0v) is 13.0. The Morgan fingerprint density at radius 1 is 1.25 bits per heavy atom. The second kappa shape index (κ2) is 5.93. The first kappa shape index (κ1) is 15.0. The van der Waals surface area contributed by atoms with Gasteiger partial charge in [-0.05, 0) is 31.9 Å². The molecule has 20 heavy (non-hydrogen) atoms. The van der Waals surface area contributed by atoms with E-state index in [0.29, 0.717) is 12.1 Å². The first-order chi connectivity index (χ1) is 9.51. The van der Waals surface area contributed by atoms with Crippen molar-refractivity contribution in [1.29, 1.82) is 0 Å². The van der Waals surface area contributed by atoms with Crippen LogP contribution in [0, 0.1) is 6.92 Å². The van der Waals surface area contributed by atoms with Crippen LogP contribution in [0.2, 0.25) is 0 Å². The summed E-state index contributed by atoms with van der Waals surface area (Å²) in [5, 5.41) is 0.137. The Morgan fingerprint density at radius 3 is 2.65 bits per heavy atom. The number of hydrogen-bond acceptors (Lipinski definition) is 3. The van der Waals surface area contributed by atoms with E-state index < -0.39 is 10.0 Å². The lowest BCUT2D eigenvalue weighted by Gasteiger charge is -2.04. The van der Waals surface area contributed by atoms with Gasteiger partial charge in [-0.1, -0.05) is 19.9 Å². The fourth-order valence-electron chi connectivity index (χ4n) is 2.25. The van der Waals surface area contributed by atoms with E-state index in [1.54, 1.807) is 6.07 Å². The van der Waals surface area contributed by atoms with E-state index in [0.717, 1.165) is 30.8 Å². The zero-order valence-electron chi connectivity index (χ0n) is 12.2. The van der Waals surface area contributed by atoms with Gasteiger partial charge in [-0.3, -0.25) is 4.40 Å². The molecule has 5 nitrogen and oxygen atoms in total. The van der Waals surface area contributed by atoms with Crippen LogP contribution in [0.5, 0.6) is 0 Å². The van der Waals surface area contributed by atoms with Gasteiger partial charge in [0.1, 0.15) is 5.82 Å². The van der Waals surface area contributed by atoms with Crippen molar-refractivity contribution in [2.75, 3.05) is 6.54 Å². The van der Waals surface area contributed by atoms with Gasteiger partial charge in [-0.2, -0.15) is 0 Å². The Labute approximate surface area is 120 Å². The molecular weight excluding hydrogens is 274 g/mol. The van der Waals surface area contributed by atoms with E-state index in [2.05, 4.69) is 16.6 Å². The number of aromatic nitrogens is 2. The number of pyridine rings is 1. The maximum absolute atomic E-state index is 12.3. The van der Waals surface area contributed by atoms with Gasteiger partial charge in [0.05, 0.1) is 5.52 Å². The highest BCUT2D eigenvalue weighted by atomic mass is 32.2. The van der Waals surface area contributed by atoms with Crippen molar-refractivity contribution in [1.82, 2.24) is 14.1 Å². The average molecular weight is 295 g/mol. The van der Waals surface area contributed by atoms with E-state index in [1.807, 2.05) is 30.4 Å². The van der Waals surface area contributed by atoms with Gasteiger partial charge in [-0.25, -0.2) is 18.1 Å². The predicted molar refractivity (Wildman–Crippen MR) is 79.4 cm³/mol. The lowest BCUT2D eigenvalue weighted by Crippen LogP contribution is -2.25. The summed E-state index contributed by atoms with van der Waals surface area (Å²) in [6.07, 6.45) is 2.44. The summed E-state index contributed by atoms with van der Waals surface area (Å²) in [6, 6.07) is 5.63. The molecule has 2 heterocycles. The molecule has 110 valence electrons. The number of aryl methyl sites for hydroxylation is 2. The molecule has 2 rings (SSSR count). The van der Waals surface area contributed by atoms with Gasteiger partial charge < -0.3 is 0 Å². The number of sulfonamides is 1. The molecule has 0 atom stereocenters. The molecule has 0 unspecified atom stereocenters. The van der Waals surface area contributed by atoms with E-state index in [4.69, 9.17) is 0 Å². The maximum atomic E-state index is 12.3. The first-order valence-corrected chi connectivity index (χ1v) is 8.46. The van der Waals surface area contributed by atoms with Crippen LogP contribution in [-0.2, 0) is 16.4 Å². The number of imidazole rings is 1. The van der Waals surface area contributed by atoms with Crippen molar-refractivity contribution in [2.24, 2.45) is 0 Å². The molecule has 0 radical (unpaired) electrons. The summed E-state index contributed by atoms with van der Waals surface area (Å²) in [5.41, 5.74) is 1.65. The van der Waals surface area contributed by atoms with Crippen LogP contribution in [0.15, 0.2) is 23.2 Å². The largest absolute Gasteiger partial charge is 0.300 e. The summed E-state index contributed by atoms with van der Waals surface area (Å²) in [6.45, 7) is 6.38. The Bertz CT molecular complexity index is 705. The van der Waals surface area contributed by atoms with E-state index in [9.17, 15) is 8.42 Å². The third-order valence-electron chi connectivity index (χ3n) is 3.16. The minimum Gasteiger partial charge on any atom is -0.300 e. The minimum atomic E-state index is -3.55. The fourth-order valence-corrected chi connectivity index (χ4v) is 3.52. The molecule has 6 heteroatoms. The van der Waals surface area contributed by atoms with Crippen LogP contribution in [0.3, 0.4) is 0 Å². The quantitative estimate of drug-likeness (QED) is 0.889. The summed E-state index contributed by atoms with van der Waals surface area (Å²) < 4.78 is 29.2. The van der Waals surface area contributed by atoms with E-state index >= 15 is 0 Å². The highest BCUT2D eigenvalue weighted by Crippen LogP contribution is 2.20. The molecule has 0 fully saturated rings. The second-order valence-electron chi connectivity index (χ2n) is 4.87. The molecule has 0 amide bonds.